The first-order chi connectivity index (χ1) is 11.8. The number of ether oxygens (including phenoxy) is 1. The van der Waals surface area contributed by atoms with Gasteiger partial charge in [0.2, 0.25) is 11.8 Å². The Morgan fingerprint density at radius 3 is 3.08 bits per heavy atom. The molecule has 0 radical (unpaired) electrons. The number of hydrogen-bond donors (Lipinski definition) is 1. The first-order valence-corrected chi connectivity index (χ1v) is 7.84. The van der Waals surface area contributed by atoms with Crippen LogP contribution in [0.1, 0.15) is 30.5 Å². The Balaban J connectivity index is 1.50. The summed E-state index contributed by atoms with van der Waals surface area (Å²) in [5.74, 6) is 1.20. The summed E-state index contributed by atoms with van der Waals surface area (Å²) in [5, 5.41) is 11.5. The zero-order chi connectivity index (χ0) is 16.4. The lowest BCUT2D eigenvalue weighted by atomic mass is 10.0. The lowest BCUT2D eigenvalue weighted by Crippen LogP contribution is -2.15. The third kappa shape index (κ3) is 2.92. The fourth-order valence-electron chi connectivity index (χ4n) is 2.80. The summed E-state index contributed by atoms with van der Waals surface area (Å²) in [4.78, 5) is 8.17. The van der Waals surface area contributed by atoms with E-state index in [4.69, 9.17) is 9.15 Å². The number of benzene rings is 1. The van der Waals surface area contributed by atoms with E-state index in [1.165, 1.54) is 12.4 Å². The van der Waals surface area contributed by atoms with Crippen LogP contribution in [-0.2, 0) is 11.3 Å². The SMILES string of the molecule is Fc1cccc2ncnc(NCc3nnc(C4CCCOC4)o3)c12. The van der Waals surface area contributed by atoms with Crippen molar-refractivity contribution in [3.8, 4) is 0 Å². The van der Waals surface area contributed by atoms with Gasteiger partial charge in [0, 0.05) is 6.61 Å². The molecule has 0 aliphatic carbocycles. The number of aromatic nitrogens is 4. The van der Waals surface area contributed by atoms with Crippen LogP contribution in [0.3, 0.4) is 0 Å². The van der Waals surface area contributed by atoms with Gasteiger partial charge in [-0.15, -0.1) is 10.2 Å². The van der Waals surface area contributed by atoms with Crippen LogP contribution in [0.15, 0.2) is 28.9 Å². The van der Waals surface area contributed by atoms with E-state index in [0.717, 1.165) is 19.4 Å². The van der Waals surface area contributed by atoms with E-state index < -0.39 is 0 Å². The highest BCUT2D eigenvalue weighted by molar-refractivity contribution is 5.89. The predicted molar refractivity (Wildman–Crippen MR) is 83.9 cm³/mol. The highest BCUT2D eigenvalue weighted by atomic mass is 19.1. The molecule has 1 aromatic carbocycles. The Kier molecular flexibility index (Phi) is 4.04. The maximum absolute atomic E-state index is 14.0. The Bertz CT molecular complexity index is 842. The van der Waals surface area contributed by atoms with Gasteiger partial charge in [0.15, 0.2) is 0 Å². The van der Waals surface area contributed by atoms with E-state index in [0.29, 0.717) is 35.1 Å². The number of nitrogens with one attached hydrogen (secondary N) is 1. The van der Waals surface area contributed by atoms with Gasteiger partial charge in [0.05, 0.1) is 30.0 Å². The molecule has 1 aliphatic rings. The highest BCUT2D eigenvalue weighted by Crippen LogP contribution is 2.25. The standard InChI is InChI=1S/C16H16FN5O2/c17-11-4-1-5-12-14(11)15(20-9-19-12)18-7-13-21-22-16(24-13)10-3-2-6-23-8-10/h1,4-5,9-10H,2-3,6-8H2,(H,18,19,20). The normalized spacial score (nSPS) is 18.0. The molecule has 2 aromatic heterocycles. The molecule has 1 unspecified atom stereocenters. The summed E-state index contributed by atoms with van der Waals surface area (Å²) < 4.78 is 25.2. The van der Waals surface area contributed by atoms with E-state index >= 15 is 0 Å². The van der Waals surface area contributed by atoms with Gasteiger partial charge in [0.1, 0.15) is 18.0 Å². The van der Waals surface area contributed by atoms with Crippen LogP contribution in [0.2, 0.25) is 0 Å². The van der Waals surface area contributed by atoms with Crippen molar-refractivity contribution in [2.45, 2.75) is 25.3 Å². The molecule has 3 aromatic rings. The van der Waals surface area contributed by atoms with E-state index in [-0.39, 0.29) is 18.3 Å². The molecule has 7 nitrogen and oxygen atoms in total. The maximum Gasteiger partial charge on any atom is 0.235 e. The van der Waals surface area contributed by atoms with Gasteiger partial charge in [-0.3, -0.25) is 0 Å². The van der Waals surface area contributed by atoms with Crippen LogP contribution >= 0.6 is 0 Å². The number of nitrogens with zero attached hydrogens (tertiary/aromatic N) is 4. The molecule has 4 rings (SSSR count). The number of fused-ring (bicyclic) bond motifs is 1. The zero-order valence-electron chi connectivity index (χ0n) is 12.9. The minimum Gasteiger partial charge on any atom is -0.423 e. The first kappa shape index (κ1) is 14.9. The van der Waals surface area contributed by atoms with Gasteiger partial charge in [-0.1, -0.05) is 6.07 Å². The van der Waals surface area contributed by atoms with Gasteiger partial charge in [-0.05, 0) is 25.0 Å². The molecule has 0 spiro atoms. The largest absolute Gasteiger partial charge is 0.423 e. The average molecular weight is 329 g/mol. The topological polar surface area (TPSA) is 86.0 Å². The van der Waals surface area contributed by atoms with E-state index in [9.17, 15) is 4.39 Å². The predicted octanol–water partition coefficient (Wildman–Crippen LogP) is 2.66. The molecule has 3 heterocycles. The summed E-state index contributed by atoms with van der Waals surface area (Å²) >= 11 is 0. The lowest BCUT2D eigenvalue weighted by molar-refractivity contribution is 0.0722. The summed E-state index contributed by atoms with van der Waals surface area (Å²) in [6, 6.07) is 4.73. The van der Waals surface area contributed by atoms with Gasteiger partial charge in [0.25, 0.3) is 0 Å². The summed E-state index contributed by atoms with van der Waals surface area (Å²) in [6.45, 7) is 1.66. The van der Waals surface area contributed by atoms with Gasteiger partial charge >= 0.3 is 0 Å². The molecule has 1 saturated heterocycles. The Morgan fingerprint density at radius 1 is 1.25 bits per heavy atom. The van der Waals surface area contributed by atoms with E-state index in [1.807, 2.05) is 0 Å². The molecule has 8 heteroatoms. The van der Waals surface area contributed by atoms with Crippen molar-refractivity contribution >= 4 is 16.7 Å². The monoisotopic (exact) mass is 329 g/mol. The Morgan fingerprint density at radius 2 is 2.21 bits per heavy atom. The van der Waals surface area contributed by atoms with Crippen LogP contribution in [-0.4, -0.2) is 33.4 Å². The van der Waals surface area contributed by atoms with Crippen molar-refractivity contribution in [3.63, 3.8) is 0 Å². The van der Waals surface area contributed by atoms with Crippen molar-refractivity contribution < 1.29 is 13.5 Å². The zero-order valence-corrected chi connectivity index (χ0v) is 12.9. The van der Waals surface area contributed by atoms with Crippen molar-refractivity contribution in [2.24, 2.45) is 0 Å². The molecular formula is C16H16FN5O2. The van der Waals surface area contributed by atoms with Gasteiger partial charge in [-0.25, -0.2) is 14.4 Å². The number of rotatable bonds is 4. The second-order valence-corrected chi connectivity index (χ2v) is 5.66. The summed E-state index contributed by atoms with van der Waals surface area (Å²) in [5.41, 5.74) is 0.540. The molecule has 24 heavy (non-hydrogen) atoms. The molecule has 124 valence electrons. The maximum atomic E-state index is 14.0. The fraction of sp³-hybridized carbons (Fsp3) is 0.375. The fourth-order valence-corrected chi connectivity index (χ4v) is 2.80. The van der Waals surface area contributed by atoms with Gasteiger partial charge < -0.3 is 14.5 Å². The van der Waals surface area contributed by atoms with Crippen LogP contribution < -0.4 is 5.32 Å². The van der Waals surface area contributed by atoms with Crippen molar-refractivity contribution in [2.75, 3.05) is 18.5 Å². The molecule has 0 amide bonds. The minimum absolute atomic E-state index is 0.150. The average Bonchev–Trinajstić information content (AvgIpc) is 3.10. The third-order valence-electron chi connectivity index (χ3n) is 4.01. The second kappa shape index (κ2) is 6.48. The molecule has 0 bridgehead atoms. The molecule has 0 saturated carbocycles. The lowest BCUT2D eigenvalue weighted by Gasteiger charge is -2.18. The third-order valence-corrected chi connectivity index (χ3v) is 4.01. The van der Waals surface area contributed by atoms with Crippen LogP contribution in [0.25, 0.3) is 10.9 Å². The highest BCUT2D eigenvalue weighted by Gasteiger charge is 2.22. The number of halogens is 1. The molecule has 1 aliphatic heterocycles. The summed E-state index contributed by atoms with van der Waals surface area (Å²) in [7, 11) is 0. The van der Waals surface area contributed by atoms with E-state index in [1.54, 1.807) is 12.1 Å². The van der Waals surface area contributed by atoms with Gasteiger partial charge in [-0.2, -0.15) is 0 Å². The van der Waals surface area contributed by atoms with Crippen molar-refractivity contribution in [1.82, 2.24) is 20.2 Å². The minimum atomic E-state index is -0.374. The second-order valence-electron chi connectivity index (χ2n) is 5.66. The van der Waals surface area contributed by atoms with Crippen molar-refractivity contribution in [1.29, 1.82) is 0 Å². The number of anilines is 1. The quantitative estimate of drug-likeness (QED) is 0.787. The smallest absolute Gasteiger partial charge is 0.235 e. The Hall–Kier alpha value is -2.61. The van der Waals surface area contributed by atoms with Crippen LogP contribution in [0.5, 0.6) is 0 Å². The number of hydrogen-bond acceptors (Lipinski definition) is 7. The summed E-state index contributed by atoms with van der Waals surface area (Å²) in [6.07, 6.45) is 3.37. The molecule has 1 atom stereocenters. The molecular weight excluding hydrogens is 313 g/mol. The van der Waals surface area contributed by atoms with Crippen LogP contribution in [0, 0.1) is 5.82 Å². The molecule has 1 N–H and O–H groups in total. The molecule has 1 fully saturated rings. The van der Waals surface area contributed by atoms with Crippen molar-refractivity contribution in [3.05, 3.63) is 42.1 Å². The first-order valence-electron chi connectivity index (χ1n) is 7.84. The Labute approximate surface area is 137 Å². The van der Waals surface area contributed by atoms with E-state index in [2.05, 4.69) is 25.5 Å². The van der Waals surface area contributed by atoms with Crippen LogP contribution in [0.4, 0.5) is 10.2 Å².